The molecule has 7 heteroatoms. The molecule has 1 aromatic carbocycles. The molecule has 2 aromatic heterocycles. The molecule has 2 heterocycles. The van der Waals surface area contributed by atoms with Gasteiger partial charge >= 0.3 is 0 Å². The highest BCUT2D eigenvalue weighted by molar-refractivity contribution is 7.14. The predicted octanol–water partition coefficient (Wildman–Crippen LogP) is 3.04. The highest BCUT2D eigenvalue weighted by Gasteiger charge is 2.10. The Balaban J connectivity index is 1.45. The maximum absolute atomic E-state index is 12.1. The van der Waals surface area contributed by atoms with E-state index in [1.807, 2.05) is 35.7 Å². The van der Waals surface area contributed by atoms with Gasteiger partial charge in [0.15, 0.2) is 5.13 Å². The van der Waals surface area contributed by atoms with E-state index in [9.17, 15) is 9.59 Å². The Hall–Kier alpha value is -3.06. The summed E-state index contributed by atoms with van der Waals surface area (Å²) in [5.41, 5.74) is 2.33. The number of pyridine rings is 1. The number of benzene rings is 1. The average molecular weight is 366 g/mol. The lowest BCUT2D eigenvalue weighted by molar-refractivity contribution is -0.121. The number of thiazole rings is 1. The number of nitrogens with one attached hydrogen (secondary N) is 2. The van der Waals surface area contributed by atoms with Crippen molar-refractivity contribution in [3.63, 3.8) is 0 Å². The SMILES string of the molecule is O=C(CCc1csc(NC(=O)c2ccccc2)n1)NCc1cccnc1. The lowest BCUT2D eigenvalue weighted by Gasteiger charge is -2.04. The van der Waals surface area contributed by atoms with Gasteiger partial charge in [0.1, 0.15) is 0 Å². The number of aromatic nitrogens is 2. The van der Waals surface area contributed by atoms with Crippen LogP contribution in [-0.4, -0.2) is 21.8 Å². The van der Waals surface area contributed by atoms with Crippen LogP contribution in [-0.2, 0) is 17.8 Å². The van der Waals surface area contributed by atoms with Crippen molar-refractivity contribution in [1.29, 1.82) is 0 Å². The maximum atomic E-state index is 12.1. The van der Waals surface area contributed by atoms with E-state index in [-0.39, 0.29) is 11.8 Å². The van der Waals surface area contributed by atoms with E-state index in [4.69, 9.17) is 0 Å². The highest BCUT2D eigenvalue weighted by Crippen LogP contribution is 2.17. The van der Waals surface area contributed by atoms with Gasteiger partial charge < -0.3 is 5.32 Å². The Bertz CT molecular complexity index is 866. The van der Waals surface area contributed by atoms with E-state index in [0.717, 1.165) is 11.3 Å². The first-order valence-corrected chi connectivity index (χ1v) is 9.05. The molecule has 26 heavy (non-hydrogen) atoms. The molecule has 6 nitrogen and oxygen atoms in total. The number of aryl methyl sites for hydroxylation is 1. The summed E-state index contributed by atoms with van der Waals surface area (Å²) in [6, 6.07) is 12.7. The third-order valence-electron chi connectivity index (χ3n) is 3.63. The van der Waals surface area contributed by atoms with Crippen molar-refractivity contribution in [1.82, 2.24) is 15.3 Å². The number of amides is 2. The molecule has 0 atom stereocenters. The second-order valence-corrected chi connectivity index (χ2v) is 6.46. The third-order valence-corrected chi connectivity index (χ3v) is 4.44. The Morgan fingerprint density at radius 3 is 2.69 bits per heavy atom. The van der Waals surface area contributed by atoms with Crippen LogP contribution < -0.4 is 10.6 Å². The van der Waals surface area contributed by atoms with Gasteiger partial charge in [0.25, 0.3) is 5.91 Å². The van der Waals surface area contributed by atoms with Gasteiger partial charge in [-0.3, -0.25) is 19.9 Å². The molecule has 2 amide bonds. The lowest BCUT2D eigenvalue weighted by atomic mass is 10.2. The molecule has 0 aliphatic heterocycles. The van der Waals surface area contributed by atoms with Crippen molar-refractivity contribution in [2.75, 3.05) is 5.32 Å². The molecule has 0 aliphatic carbocycles. The highest BCUT2D eigenvalue weighted by atomic mass is 32.1. The summed E-state index contributed by atoms with van der Waals surface area (Å²) in [5, 5.41) is 8.02. The fraction of sp³-hybridized carbons (Fsp3) is 0.158. The standard InChI is InChI=1S/C19H18N4O2S/c24-17(21-12-14-5-4-10-20-11-14)9-8-16-13-26-19(22-16)23-18(25)15-6-2-1-3-7-15/h1-7,10-11,13H,8-9,12H2,(H,21,24)(H,22,23,25). The maximum Gasteiger partial charge on any atom is 0.257 e. The van der Waals surface area contributed by atoms with Gasteiger partial charge in [-0.2, -0.15) is 0 Å². The molecular weight excluding hydrogens is 348 g/mol. The van der Waals surface area contributed by atoms with Crippen LogP contribution >= 0.6 is 11.3 Å². The van der Waals surface area contributed by atoms with Crippen molar-refractivity contribution >= 4 is 28.3 Å². The summed E-state index contributed by atoms with van der Waals surface area (Å²) in [4.78, 5) is 32.4. The second kappa shape index (κ2) is 8.87. The number of carbonyl (C=O) groups is 2. The molecule has 0 saturated carbocycles. The summed E-state index contributed by atoms with van der Waals surface area (Å²) in [5.74, 6) is -0.238. The Labute approximate surface area is 155 Å². The molecule has 3 rings (SSSR count). The monoisotopic (exact) mass is 366 g/mol. The summed E-state index contributed by atoms with van der Waals surface area (Å²) < 4.78 is 0. The first kappa shape index (κ1) is 17.8. The van der Waals surface area contributed by atoms with E-state index in [0.29, 0.717) is 30.1 Å². The number of rotatable bonds is 7. The molecule has 0 spiro atoms. The van der Waals surface area contributed by atoms with Crippen LogP contribution in [0.3, 0.4) is 0 Å². The largest absolute Gasteiger partial charge is 0.352 e. The predicted molar refractivity (Wildman–Crippen MR) is 101 cm³/mol. The van der Waals surface area contributed by atoms with Crippen molar-refractivity contribution in [2.24, 2.45) is 0 Å². The van der Waals surface area contributed by atoms with Gasteiger partial charge in [0.2, 0.25) is 5.91 Å². The molecule has 0 fully saturated rings. The van der Waals surface area contributed by atoms with Crippen LogP contribution in [0.15, 0.2) is 60.2 Å². The molecule has 0 radical (unpaired) electrons. The Morgan fingerprint density at radius 2 is 1.92 bits per heavy atom. The van der Waals surface area contributed by atoms with E-state index in [1.165, 1.54) is 11.3 Å². The van der Waals surface area contributed by atoms with Crippen LogP contribution in [0, 0.1) is 0 Å². The molecule has 0 aliphatic rings. The van der Waals surface area contributed by atoms with Gasteiger partial charge in [-0.15, -0.1) is 11.3 Å². The van der Waals surface area contributed by atoms with Crippen molar-refractivity contribution in [3.8, 4) is 0 Å². The van der Waals surface area contributed by atoms with Crippen LogP contribution in [0.25, 0.3) is 0 Å². The third kappa shape index (κ3) is 5.22. The number of hydrogen-bond acceptors (Lipinski definition) is 5. The minimum absolute atomic E-state index is 0.0447. The van der Waals surface area contributed by atoms with E-state index >= 15 is 0 Å². The van der Waals surface area contributed by atoms with E-state index < -0.39 is 0 Å². The molecule has 2 N–H and O–H groups in total. The first-order chi connectivity index (χ1) is 12.7. The zero-order valence-electron chi connectivity index (χ0n) is 14.0. The zero-order chi connectivity index (χ0) is 18.2. The van der Waals surface area contributed by atoms with Crippen molar-refractivity contribution in [2.45, 2.75) is 19.4 Å². The van der Waals surface area contributed by atoms with Crippen molar-refractivity contribution < 1.29 is 9.59 Å². The van der Waals surface area contributed by atoms with Crippen LogP contribution in [0.1, 0.15) is 28.0 Å². The van der Waals surface area contributed by atoms with E-state index in [2.05, 4.69) is 20.6 Å². The average Bonchev–Trinajstić information content (AvgIpc) is 3.13. The number of carbonyl (C=O) groups excluding carboxylic acids is 2. The van der Waals surface area contributed by atoms with Crippen molar-refractivity contribution in [3.05, 3.63) is 77.1 Å². The first-order valence-electron chi connectivity index (χ1n) is 8.17. The Morgan fingerprint density at radius 1 is 1.08 bits per heavy atom. The molecule has 0 saturated heterocycles. The fourth-order valence-electron chi connectivity index (χ4n) is 2.27. The summed E-state index contributed by atoms with van der Waals surface area (Å²) in [6.07, 6.45) is 4.29. The number of nitrogens with zero attached hydrogens (tertiary/aromatic N) is 2. The van der Waals surface area contributed by atoms with Crippen LogP contribution in [0.2, 0.25) is 0 Å². The smallest absolute Gasteiger partial charge is 0.257 e. The van der Waals surface area contributed by atoms with Gasteiger partial charge in [0.05, 0.1) is 5.69 Å². The molecule has 0 bridgehead atoms. The summed E-state index contributed by atoms with van der Waals surface area (Å²) >= 11 is 1.35. The van der Waals surface area contributed by atoms with Crippen LogP contribution in [0.5, 0.6) is 0 Å². The number of hydrogen-bond donors (Lipinski definition) is 2. The molecular formula is C19H18N4O2S. The quantitative estimate of drug-likeness (QED) is 0.673. The summed E-state index contributed by atoms with van der Waals surface area (Å²) in [6.45, 7) is 0.460. The normalized spacial score (nSPS) is 10.3. The van der Waals surface area contributed by atoms with E-state index in [1.54, 1.807) is 24.5 Å². The fourth-order valence-corrected chi connectivity index (χ4v) is 3.01. The minimum Gasteiger partial charge on any atom is -0.352 e. The topological polar surface area (TPSA) is 84.0 Å². The lowest BCUT2D eigenvalue weighted by Crippen LogP contribution is -2.23. The second-order valence-electron chi connectivity index (χ2n) is 5.60. The number of anilines is 1. The molecule has 0 unspecified atom stereocenters. The Kier molecular flexibility index (Phi) is 6.05. The van der Waals surface area contributed by atoms with Gasteiger partial charge in [-0.05, 0) is 30.2 Å². The van der Waals surface area contributed by atoms with Gasteiger partial charge in [-0.1, -0.05) is 24.3 Å². The zero-order valence-corrected chi connectivity index (χ0v) is 14.8. The minimum atomic E-state index is -0.194. The van der Waals surface area contributed by atoms with Gasteiger partial charge in [-0.25, -0.2) is 4.98 Å². The summed E-state index contributed by atoms with van der Waals surface area (Å²) in [7, 11) is 0. The molecule has 132 valence electrons. The molecule has 3 aromatic rings. The van der Waals surface area contributed by atoms with Crippen LogP contribution in [0.4, 0.5) is 5.13 Å². The van der Waals surface area contributed by atoms with Gasteiger partial charge in [0, 0.05) is 36.3 Å².